The maximum absolute atomic E-state index is 10.8. The van der Waals surface area contributed by atoms with E-state index in [-0.39, 0.29) is 5.97 Å². The SMILES string of the molecule is CSCc1ccc(-c2ccc(OC(C)=O)cc2)cc1. The first kappa shape index (κ1) is 13.7. The molecule has 0 amide bonds. The maximum Gasteiger partial charge on any atom is 0.308 e. The molecule has 2 rings (SSSR count). The highest BCUT2D eigenvalue weighted by Gasteiger charge is 2.01. The molecular formula is C16H16O2S. The Kier molecular flexibility index (Phi) is 4.63. The average molecular weight is 272 g/mol. The van der Waals surface area contributed by atoms with Gasteiger partial charge in [0.05, 0.1) is 0 Å². The summed E-state index contributed by atoms with van der Waals surface area (Å²) in [5.41, 5.74) is 3.61. The van der Waals surface area contributed by atoms with Crippen LogP contribution < -0.4 is 4.74 Å². The Morgan fingerprint density at radius 2 is 1.53 bits per heavy atom. The molecule has 19 heavy (non-hydrogen) atoms. The summed E-state index contributed by atoms with van der Waals surface area (Å²) < 4.78 is 5.01. The maximum atomic E-state index is 10.8. The molecule has 0 aromatic heterocycles. The molecule has 0 saturated heterocycles. The van der Waals surface area contributed by atoms with Crippen molar-refractivity contribution in [3.05, 3.63) is 54.1 Å². The fraction of sp³-hybridized carbons (Fsp3) is 0.188. The van der Waals surface area contributed by atoms with E-state index >= 15 is 0 Å². The molecule has 0 atom stereocenters. The minimum absolute atomic E-state index is 0.297. The molecule has 98 valence electrons. The van der Waals surface area contributed by atoms with E-state index in [1.54, 1.807) is 0 Å². The number of thioether (sulfide) groups is 1. The summed E-state index contributed by atoms with van der Waals surface area (Å²) in [6.45, 7) is 1.40. The third-order valence-corrected chi connectivity index (χ3v) is 3.34. The minimum Gasteiger partial charge on any atom is -0.427 e. The number of hydrogen-bond donors (Lipinski definition) is 0. The number of esters is 1. The van der Waals surface area contributed by atoms with E-state index in [1.807, 2.05) is 36.0 Å². The molecule has 0 N–H and O–H groups in total. The Morgan fingerprint density at radius 1 is 1.00 bits per heavy atom. The molecule has 0 aliphatic rings. The van der Waals surface area contributed by atoms with Crippen LogP contribution in [0.5, 0.6) is 5.75 Å². The van der Waals surface area contributed by atoms with E-state index < -0.39 is 0 Å². The van der Waals surface area contributed by atoms with Gasteiger partial charge in [0.25, 0.3) is 0 Å². The third-order valence-electron chi connectivity index (χ3n) is 2.71. The lowest BCUT2D eigenvalue weighted by molar-refractivity contribution is -0.131. The first-order valence-corrected chi connectivity index (χ1v) is 7.45. The smallest absolute Gasteiger partial charge is 0.308 e. The number of carbonyl (C=O) groups excluding carboxylic acids is 1. The van der Waals surface area contributed by atoms with Crippen LogP contribution in [-0.4, -0.2) is 12.2 Å². The normalized spacial score (nSPS) is 10.2. The largest absolute Gasteiger partial charge is 0.427 e. The predicted octanol–water partition coefficient (Wildman–Crippen LogP) is 4.14. The molecule has 0 aliphatic heterocycles. The highest BCUT2D eigenvalue weighted by atomic mass is 32.2. The quantitative estimate of drug-likeness (QED) is 0.618. The van der Waals surface area contributed by atoms with Gasteiger partial charge < -0.3 is 4.74 Å². The van der Waals surface area contributed by atoms with Crippen LogP contribution >= 0.6 is 11.8 Å². The molecule has 2 aromatic rings. The van der Waals surface area contributed by atoms with Crippen molar-refractivity contribution in [1.82, 2.24) is 0 Å². The molecule has 2 aromatic carbocycles. The van der Waals surface area contributed by atoms with Gasteiger partial charge in [-0.2, -0.15) is 11.8 Å². The van der Waals surface area contributed by atoms with Gasteiger partial charge >= 0.3 is 5.97 Å². The molecule has 0 aliphatic carbocycles. The Bertz CT molecular complexity index is 544. The van der Waals surface area contributed by atoms with Crippen LogP contribution in [0.4, 0.5) is 0 Å². The van der Waals surface area contributed by atoms with Crippen molar-refractivity contribution in [3.63, 3.8) is 0 Å². The second-order valence-corrected chi connectivity index (χ2v) is 5.11. The lowest BCUT2D eigenvalue weighted by atomic mass is 10.0. The highest BCUT2D eigenvalue weighted by Crippen LogP contribution is 2.23. The third kappa shape index (κ3) is 3.86. The number of benzene rings is 2. The summed E-state index contributed by atoms with van der Waals surface area (Å²) in [5, 5.41) is 0. The molecule has 0 radical (unpaired) electrons. The zero-order chi connectivity index (χ0) is 13.7. The molecule has 2 nitrogen and oxygen atoms in total. The van der Waals surface area contributed by atoms with E-state index in [1.165, 1.54) is 18.1 Å². The summed E-state index contributed by atoms with van der Waals surface area (Å²) in [7, 11) is 0. The van der Waals surface area contributed by atoms with E-state index in [9.17, 15) is 4.79 Å². The van der Waals surface area contributed by atoms with Crippen LogP contribution in [0.2, 0.25) is 0 Å². The zero-order valence-electron chi connectivity index (χ0n) is 11.1. The van der Waals surface area contributed by atoms with Crippen LogP contribution in [0.1, 0.15) is 12.5 Å². The summed E-state index contributed by atoms with van der Waals surface area (Å²) in [6, 6.07) is 16.1. The van der Waals surface area contributed by atoms with Crippen LogP contribution in [0.15, 0.2) is 48.5 Å². The number of ether oxygens (including phenoxy) is 1. The van der Waals surface area contributed by atoms with E-state index in [4.69, 9.17) is 4.74 Å². The molecule has 0 fully saturated rings. The van der Waals surface area contributed by atoms with Gasteiger partial charge in [0.15, 0.2) is 0 Å². The van der Waals surface area contributed by atoms with Gasteiger partial charge in [0.2, 0.25) is 0 Å². The van der Waals surface area contributed by atoms with Gasteiger partial charge in [-0.1, -0.05) is 36.4 Å². The first-order chi connectivity index (χ1) is 9.19. The monoisotopic (exact) mass is 272 g/mol. The van der Waals surface area contributed by atoms with Crippen LogP contribution in [-0.2, 0) is 10.5 Å². The van der Waals surface area contributed by atoms with Gasteiger partial charge in [-0.05, 0) is 35.1 Å². The molecule has 0 saturated carbocycles. The van der Waals surface area contributed by atoms with Crippen LogP contribution in [0.3, 0.4) is 0 Å². The van der Waals surface area contributed by atoms with Crippen molar-refractivity contribution >= 4 is 17.7 Å². The summed E-state index contributed by atoms with van der Waals surface area (Å²) in [4.78, 5) is 10.8. The van der Waals surface area contributed by atoms with Gasteiger partial charge in [-0.15, -0.1) is 0 Å². The van der Waals surface area contributed by atoms with Crippen molar-refractivity contribution in [2.24, 2.45) is 0 Å². The number of carbonyl (C=O) groups is 1. The van der Waals surface area contributed by atoms with E-state index in [0.29, 0.717) is 5.75 Å². The van der Waals surface area contributed by atoms with Crippen LogP contribution in [0, 0.1) is 0 Å². The zero-order valence-corrected chi connectivity index (χ0v) is 11.9. The summed E-state index contributed by atoms with van der Waals surface area (Å²) in [6.07, 6.45) is 2.10. The molecule has 3 heteroatoms. The number of rotatable bonds is 4. The van der Waals surface area contributed by atoms with Crippen LogP contribution in [0.25, 0.3) is 11.1 Å². The summed E-state index contributed by atoms with van der Waals surface area (Å²) in [5.74, 6) is 1.32. The van der Waals surface area contributed by atoms with Crippen molar-refractivity contribution in [1.29, 1.82) is 0 Å². The molecule has 0 unspecified atom stereocenters. The molecule has 0 heterocycles. The van der Waals surface area contributed by atoms with Crippen molar-refractivity contribution in [3.8, 4) is 16.9 Å². The van der Waals surface area contributed by atoms with Gasteiger partial charge in [-0.25, -0.2) is 0 Å². The molecule has 0 bridgehead atoms. The Morgan fingerprint density at radius 3 is 2.00 bits per heavy atom. The number of hydrogen-bond acceptors (Lipinski definition) is 3. The Labute approximate surface area is 117 Å². The predicted molar refractivity (Wildman–Crippen MR) is 80.4 cm³/mol. The Hall–Kier alpha value is -1.74. The molecular weight excluding hydrogens is 256 g/mol. The summed E-state index contributed by atoms with van der Waals surface area (Å²) >= 11 is 1.82. The Balaban J connectivity index is 2.15. The van der Waals surface area contributed by atoms with Crippen molar-refractivity contribution in [2.75, 3.05) is 6.26 Å². The van der Waals surface area contributed by atoms with Crippen molar-refractivity contribution in [2.45, 2.75) is 12.7 Å². The van der Waals surface area contributed by atoms with Crippen molar-refractivity contribution < 1.29 is 9.53 Å². The lowest BCUT2D eigenvalue weighted by Gasteiger charge is -2.05. The second-order valence-electron chi connectivity index (χ2n) is 4.25. The lowest BCUT2D eigenvalue weighted by Crippen LogP contribution is -2.00. The average Bonchev–Trinajstić information content (AvgIpc) is 2.40. The molecule has 0 spiro atoms. The van der Waals surface area contributed by atoms with Gasteiger partial charge in [-0.3, -0.25) is 4.79 Å². The standard InChI is InChI=1S/C16H16O2S/c1-12(17)18-16-9-7-15(8-10-16)14-5-3-13(4-6-14)11-19-2/h3-10H,11H2,1-2H3. The van der Waals surface area contributed by atoms with Gasteiger partial charge in [0, 0.05) is 12.7 Å². The van der Waals surface area contributed by atoms with E-state index in [2.05, 4.69) is 30.5 Å². The second kappa shape index (κ2) is 6.43. The van der Waals surface area contributed by atoms with E-state index in [0.717, 1.165) is 11.3 Å². The minimum atomic E-state index is -0.297. The van der Waals surface area contributed by atoms with Gasteiger partial charge in [0.1, 0.15) is 5.75 Å². The topological polar surface area (TPSA) is 26.3 Å². The highest BCUT2D eigenvalue weighted by molar-refractivity contribution is 7.97. The fourth-order valence-electron chi connectivity index (χ4n) is 1.84. The first-order valence-electron chi connectivity index (χ1n) is 6.06. The fourth-order valence-corrected chi connectivity index (χ4v) is 2.37.